The summed E-state index contributed by atoms with van der Waals surface area (Å²) in [6.07, 6.45) is 2.13. The third-order valence-corrected chi connectivity index (χ3v) is 4.42. The Balaban J connectivity index is 1.75. The zero-order valence-electron chi connectivity index (χ0n) is 11.6. The first-order chi connectivity index (χ1) is 10.1. The Labute approximate surface area is 126 Å². The van der Waals surface area contributed by atoms with Gasteiger partial charge >= 0.3 is 0 Å². The molecule has 0 bridgehead atoms. The number of aromatic nitrogens is 3. The summed E-state index contributed by atoms with van der Waals surface area (Å²) in [5.74, 6) is 0.262. The van der Waals surface area contributed by atoms with Gasteiger partial charge < -0.3 is 10.6 Å². The van der Waals surface area contributed by atoms with Gasteiger partial charge in [-0.2, -0.15) is 4.98 Å². The van der Waals surface area contributed by atoms with E-state index in [2.05, 4.69) is 15.0 Å². The van der Waals surface area contributed by atoms with Gasteiger partial charge in [0.1, 0.15) is 6.33 Å². The normalized spacial score (nSPS) is 18.2. The average molecular weight is 301 g/mol. The first kappa shape index (κ1) is 13.8. The molecule has 2 heterocycles. The van der Waals surface area contributed by atoms with Crippen molar-refractivity contribution in [1.82, 2.24) is 15.0 Å². The number of thioether (sulfide) groups is 1. The molecule has 2 aromatic rings. The van der Waals surface area contributed by atoms with Crippen LogP contribution in [-0.4, -0.2) is 32.7 Å². The van der Waals surface area contributed by atoms with Crippen molar-refractivity contribution in [2.75, 3.05) is 17.2 Å². The second kappa shape index (κ2) is 5.69. The van der Waals surface area contributed by atoms with Gasteiger partial charge in [0.2, 0.25) is 11.9 Å². The van der Waals surface area contributed by atoms with Gasteiger partial charge in [-0.1, -0.05) is 23.9 Å². The Hall–Kier alpha value is -2.15. The van der Waals surface area contributed by atoms with E-state index in [0.717, 1.165) is 17.7 Å². The fourth-order valence-electron chi connectivity index (χ4n) is 2.29. The molecule has 1 atom stereocenters. The standard InChI is InChI=1S/C14H15N5OS/c1-9-3-2-4-10(7-9)19-6-5-11(12(19)20)21-14-17-8-16-13(15)18-14/h2-4,7-8,11H,5-6H2,1H3,(H2,15,16,17,18). The highest BCUT2D eigenvalue weighted by atomic mass is 32.2. The van der Waals surface area contributed by atoms with Gasteiger partial charge in [-0.3, -0.25) is 4.79 Å². The molecular formula is C14H15N5OS. The quantitative estimate of drug-likeness (QED) is 0.928. The SMILES string of the molecule is Cc1cccc(N2CCC(Sc3ncnc(N)n3)C2=O)c1. The van der Waals surface area contributed by atoms with Crippen LogP contribution in [0.2, 0.25) is 0 Å². The fourth-order valence-corrected chi connectivity index (χ4v) is 3.25. The number of anilines is 2. The number of nitrogen functional groups attached to an aromatic ring is 1. The number of amides is 1. The predicted molar refractivity (Wildman–Crippen MR) is 82.0 cm³/mol. The van der Waals surface area contributed by atoms with E-state index in [-0.39, 0.29) is 17.1 Å². The maximum absolute atomic E-state index is 12.5. The number of carbonyl (C=O) groups is 1. The van der Waals surface area contributed by atoms with E-state index in [9.17, 15) is 4.79 Å². The summed E-state index contributed by atoms with van der Waals surface area (Å²) >= 11 is 1.34. The molecular weight excluding hydrogens is 286 g/mol. The first-order valence-electron chi connectivity index (χ1n) is 6.63. The zero-order valence-corrected chi connectivity index (χ0v) is 12.4. The molecule has 0 spiro atoms. The first-order valence-corrected chi connectivity index (χ1v) is 7.50. The number of hydrogen-bond donors (Lipinski definition) is 1. The highest BCUT2D eigenvalue weighted by molar-refractivity contribution is 8.00. The van der Waals surface area contributed by atoms with Crippen LogP contribution in [0.5, 0.6) is 0 Å². The summed E-state index contributed by atoms with van der Waals surface area (Å²) < 4.78 is 0. The number of hydrogen-bond acceptors (Lipinski definition) is 6. The van der Waals surface area contributed by atoms with Gasteiger partial charge in [-0.15, -0.1) is 0 Å². The monoisotopic (exact) mass is 301 g/mol. The summed E-state index contributed by atoms with van der Waals surface area (Å²) in [6.45, 7) is 2.73. The molecule has 6 nitrogen and oxygen atoms in total. The van der Waals surface area contributed by atoms with Crippen molar-refractivity contribution in [2.45, 2.75) is 23.8 Å². The summed E-state index contributed by atoms with van der Waals surface area (Å²) in [5.41, 5.74) is 7.61. The number of rotatable bonds is 3. The van der Waals surface area contributed by atoms with Crippen molar-refractivity contribution < 1.29 is 4.79 Å². The molecule has 1 aromatic heterocycles. The van der Waals surface area contributed by atoms with Gasteiger partial charge in [0.25, 0.3) is 0 Å². The molecule has 0 aliphatic carbocycles. The zero-order chi connectivity index (χ0) is 14.8. The third kappa shape index (κ3) is 2.97. The molecule has 1 fully saturated rings. The van der Waals surface area contributed by atoms with Crippen LogP contribution < -0.4 is 10.6 Å². The minimum absolute atomic E-state index is 0.0876. The molecule has 2 N–H and O–H groups in total. The van der Waals surface area contributed by atoms with E-state index in [4.69, 9.17) is 5.73 Å². The van der Waals surface area contributed by atoms with Crippen LogP contribution in [-0.2, 0) is 4.79 Å². The van der Waals surface area contributed by atoms with Crippen molar-refractivity contribution in [3.63, 3.8) is 0 Å². The predicted octanol–water partition coefficient (Wildman–Crippen LogP) is 1.66. The van der Waals surface area contributed by atoms with E-state index in [1.807, 2.05) is 36.1 Å². The van der Waals surface area contributed by atoms with Crippen molar-refractivity contribution in [3.8, 4) is 0 Å². The topological polar surface area (TPSA) is 85.0 Å². The van der Waals surface area contributed by atoms with Crippen molar-refractivity contribution >= 4 is 29.3 Å². The Morgan fingerprint density at radius 2 is 2.24 bits per heavy atom. The number of nitrogens with two attached hydrogens (primary N) is 1. The maximum Gasteiger partial charge on any atom is 0.240 e. The molecule has 1 aliphatic heterocycles. The lowest BCUT2D eigenvalue weighted by Crippen LogP contribution is -2.28. The van der Waals surface area contributed by atoms with Crippen molar-refractivity contribution in [1.29, 1.82) is 0 Å². The second-order valence-electron chi connectivity index (χ2n) is 4.85. The highest BCUT2D eigenvalue weighted by Crippen LogP contribution is 2.31. The van der Waals surface area contributed by atoms with E-state index >= 15 is 0 Å². The van der Waals surface area contributed by atoms with E-state index in [1.165, 1.54) is 18.1 Å². The molecule has 1 amide bonds. The lowest BCUT2D eigenvalue weighted by molar-refractivity contribution is -0.116. The van der Waals surface area contributed by atoms with Gasteiger partial charge in [0.05, 0.1) is 5.25 Å². The van der Waals surface area contributed by atoms with Crippen LogP contribution in [0, 0.1) is 6.92 Å². The van der Waals surface area contributed by atoms with Crippen LogP contribution in [0.15, 0.2) is 35.7 Å². The van der Waals surface area contributed by atoms with Crippen LogP contribution in [0.4, 0.5) is 11.6 Å². The summed E-state index contributed by atoms with van der Waals surface area (Å²) in [4.78, 5) is 26.1. The molecule has 0 radical (unpaired) electrons. The fraction of sp³-hybridized carbons (Fsp3) is 0.286. The van der Waals surface area contributed by atoms with Crippen LogP contribution in [0.3, 0.4) is 0 Å². The van der Waals surface area contributed by atoms with Crippen LogP contribution in [0.25, 0.3) is 0 Å². The molecule has 1 unspecified atom stereocenters. The number of nitrogens with zero attached hydrogens (tertiary/aromatic N) is 4. The highest BCUT2D eigenvalue weighted by Gasteiger charge is 2.34. The van der Waals surface area contributed by atoms with Crippen LogP contribution >= 0.6 is 11.8 Å². The van der Waals surface area contributed by atoms with E-state index in [0.29, 0.717) is 11.7 Å². The summed E-state index contributed by atoms with van der Waals surface area (Å²) in [5, 5.41) is 0.319. The number of aryl methyl sites for hydroxylation is 1. The van der Waals surface area contributed by atoms with Gasteiger partial charge in [0, 0.05) is 12.2 Å². The minimum atomic E-state index is -0.174. The average Bonchev–Trinajstić information content (AvgIpc) is 2.80. The lowest BCUT2D eigenvalue weighted by atomic mass is 10.2. The maximum atomic E-state index is 12.5. The summed E-state index contributed by atoms with van der Waals surface area (Å²) in [6, 6.07) is 7.96. The Kier molecular flexibility index (Phi) is 3.74. The van der Waals surface area contributed by atoms with E-state index < -0.39 is 0 Å². The molecule has 1 saturated heterocycles. The van der Waals surface area contributed by atoms with Gasteiger partial charge in [0.15, 0.2) is 5.16 Å². The van der Waals surface area contributed by atoms with Gasteiger partial charge in [-0.25, -0.2) is 9.97 Å². The minimum Gasteiger partial charge on any atom is -0.368 e. The molecule has 0 saturated carbocycles. The Morgan fingerprint density at radius 1 is 1.38 bits per heavy atom. The molecule has 3 rings (SSSR count). The lowest BCUT2D eigenvalue weighted by Gasteiger charge is -2.17. The third-order valence-electron chi connectivity index (χ3n) is 3.29. The molecule has 1 aromatic carbocycles. The van der Waals surface area contributed by atoms with Crippen LogP contribution in [0.1, 0.15) is 12.0 Å². The largest absolute Gasteiger partial charge is 0.368 e. The van der Waals surface area contributed by atoms with Gasteiger partial charge in [-0.05, 0) is 31.0 Å². The molecule has 21 heavy (non-hydrogen) atoms. The van der Waals surface area contributed by atoms with Crippen molar-refractivity contribution in [2.24, 2.45) is 0 Å². The summed E-state index contributed by atoms with van der Waals surface area (Å²) in [7, 11) is 0. The second-order valence-corrected chi connectivity index (χ2v) is 6.02. The molecule has 7 heteroatoms. The Morgan fingerprint density at radius 3 is 3.00 bits per heavy atom. The number of benzene rings is 1. The smallest absolute Gasteiger partial charge is 0.240 e. The van der Waals surface area contributed by atoms with E-state index in [1.54, 1.807) is 0 Å². The van der Waals surface area contributed by atoms with Crippen molar-refractivity contribution in [3.05, 3.63) is 36.2 Å². The Bertz CT molecular complexity index is 678. The molecule has 1 aliphatic rings. The molecule has 108 valence electrons. The number of carbonyl (C=O) groups excluding carboxylic acids is 1.